The van der Waals surface area contributed by atoms with Crippen LogP contribution in [-0.4, -0.2) is 11.9 Å². The molecule has 1 aromatic rings. The van der Waals surface area contributed by atoms with Crippen molar-refractivity contribution in [2.24, 2.45) is 11.8 Å². The number of hydrogen-bond donors (Lipinski definition) is 1. The number of aliphatic carboxylic acids is 1. The number of allylic oxidation sites excluding steroid dienone is 2. The highest BCUT2D eigenvalue weighted by Gasteiger charge is 2.33. The largest absolute Gasteiger partial charge is 0.550 e. The molecule has 1 aliphatic rings. The van der Waals surface area contributed by atoms with E-state index in [1.165, 1.54) is 0 Å². The van der Waals surface area contributed by atoms with Gasteiger partial charge in [0.05, 0.1) is 5.92 Å². The van der Waals surface area contributed by atoms with E-state index in [0.29, 0.717) is 18.5 Å². The lowest BCUT2D eigenvalue weighted by molar-refractivity contribution is -0.313. The second-order valence-corrected chi connectivity index (χ2v) is 6.74. The summed E-state index contributed by atoms with van der Waals surface area (Å²) in [5.41, 5.74) is 2.82. The Kier molecular flexibility index (Phi) is 5.03. The van der Waals surface area contributed by atoms with Crippen LogP contribution in [0.5, 0.6) is 0 Å². The van der Waals surface area contributed by atoms with Gasteiger partial charge in [-0.25, -0.2) is 0 Å². The van der Waals surface area contributed by atoms with Gasteiger partial charge < -0.3 is 15.2 Å². The third-order valence-corrected chi connectivity index (χ3v) is 4.74. The Bertz CT molecular complexity index is 592. The highest BCUT2D eigenvalue weighted by molar-refractivity contribution is 14.1. The van der Waals surface area contributed by atoms with Crippen LogP contribution in [0.4, 0.5) is 5.69 Å². The molecule has 1 aliphatic carbocycles. The van der Waals surface area contributed by atoms with Crippen molar-refractivity contribution < 1.29 is 14.7 Å². The van der Waals surface area contributed by atoms with Gasteiger partial charge in [0.15, 0.2) is 0 Å². The first kappa shape index (κ1) is 16.0. The van der Waals surface area contributed by atoms with Gasteiger partial charge in [0, 0.05) is 21.1 Å². The average molecular weight is 398 g/mol. The molecule has 0 fully saturated rings. The van der Waals surface area contributed by atoms with E-state index in [2.05, 4.69) is 27.9 Å². The van der Waals surface area contributed by atoms with Gasteiger partial charge in [-0.3, -0.25) is 4.79 Å². The maximum atomic E-state index is 12.4. The molecular formula is C16H17INO3-. The van der Waals surface area contributed by atoms with Gasteiger partial charge in [0.1, 0.15) is 0 Å². The maximum absolute atomic E-state index is 12.4. The molecule has 2 atom stereocenters. The number of carbonyl (C=O) groups excluding carboxylic acids is 2. The standard InChI is InChI=1S/C16H18INO3/c1-9-7-13(14(16(20)21)8-10(9)2)15(19)18-12-5-3-11(17)4-6-12/h3-6,13-14H,7-8H2,1-2H3,(H,18,19)(H,20,21)/p-1/t13-,14-/m0/s1. The molecule has 0 bridgehead atoms. The number of halogens is 1. The number of carboxylic acids is 1. The predicted octanol–water partition coefficient (Wildman–Crippen LogP) is 2.34. The number of benzene rings is 1. The van der Waals surface area contributed by atoms with Crippen molar-refractivity contribution in [1.29, 1.82) is 0 Å². The highest BCUT2D eigenvalue weighted by atomic mass is 127. The van der Waals surface area contributed by atoms with E-state index in [-0.39, 0.29) is 5.91 Å². The topological polar surface area (TPSA) is 69.2 Å². The molecule has 0 aliphatic heterocycles. The van der Waals surface area contributed by atoms with Gasteiger partial charge in [0.25, 0.3) is 0 Å². The molecule has 0 radical (unpaired) electrons. The zero-order valence-electron chi connectivity index (χ0n) is 12.0. The van der Waals surface area contributed by atoms with Crippen LogP contribution < -0.4 is 10.4 Å². The van der Waals surface area contributed by atoms with E-state index in [4.69, 9.17) is 0 Å². The summed E-state index contributed by atoms with van der Waals surface area (Å²) in [5.74, 6) is -2.72. The van der Waals surface area contributed by atoms with Gasteiger partial charge in [-0.2, -0.15) is 0 Å². The van der Waals surface area contributed by atoms with E-state index in [1.54, 1.807) is 0 Å². The van der Waals surface area contributed by atoms with Crippen LogP contribution in [0.25, 0.3) is 0 Å². The van der Waals surface area contributed by atoms with Crippen LogP contribution in [0.1, 0.15) is 26.7 Å². The number of carboxylic acid groups (broad SMARTS) is 1. The summed E-state index contributed by atoms with van der Waals surface area (Å²) in [6.45, 7) is 3.87. The quantitative estimate of drug-likeness (QED) is 0.628. The Labute approximate surface area is 137 Å². The number of hydrogen-bond acceptors (Lipinski definition) is 3. The zero-order chi connectivity index (χ0) is 15.6. The lowest BCUT2D eigenvalue weighted by atomic mass is 9.76. The lowest BCUT2D eigenvalue weighted by Gasteiger charge is -2.32. The summed E-state index contributed by atoms with van der Waals surface area (Å²) < 4.78 is 1.07. The van der Waals surface area contributed by atoms with Crippen molar-refractivity contribution >= 4 is 40.2 Å². The fourth-order valence-electron chi connectivity index (χ4n) is 2.58. The Morgan fingerprint density at radius 3 is 2.14 bits per heavy atom. The third kappa shape index (κ3) is 3.84. The molecule has 0 unspecified atom stereocenters. The molecule has 112 valence electrons. The zero-order valence-corrected chi connectivity index (χ0v) is 14.1. The maximum Gasteiger partial charge on any atom is 0.228 e. The lowest BCUT2D eigenvalue weighted by Crippen LogP contribution is -2.42. The smallest absolute Gasteiger partial charge is 0.228 e. The molecule has 1 amide bonds. The number of nitrogens with one attached hydrogen (secondary N) is 1. The SMILES string of the molecule is CC1=C(C)C[C@H](C(=O)Nc2ccc(I)cc2)[C@@H](C(=O)[O-])C1. The van der Waals surface area contributed by atoms with Crippen LogP contribution in [0.3, 0.4) is 0 Å². The second-order valence-electron chi connectivity index (χ2n) is 5.50. The molecule has 0 saturated carbocycles. The van der Waals surface area contributed by atoms with Crippen LogP contribution >= 0.6 is 22.6 Å². The van der Waals surface area contributed by atoms with E-state index < -0.39 is 17.8 Å². The van der Waals surface area contributed by atoms with Gasteiger partial charge in [-0.1, -0.05) is 11.1 Å². The van der Waals surface area contributed by atoms with Gasteiger partial charge in [-0.05, 0) is 73.5 Å². The second kappa shape index (κ2) is 6.60. The molecule has 1 N–H and O–H groups in total. The van der Waals surface area contributed by atoms with Crippen molar-refractivity contribution in [1.82, 2.24) is 0 Å². The molecule has 0 spiro atoms. The molecule has 0 aromatic heterocycles. The summed E-state index contributed by atoms with van der Waals surface area (Å²) in [6, 6.07) is 7.40. The molecular weight excluding hydrogens is 381 g/mol. The van der Waals surface area contributed by atoms with Crippen LogP contribution in [0.15, 0.2) is 35.4 Å². The minimum atomic E-state index is -1.15. The monoisotopic (exact) mass is 398 g/mol. The van der Waals surface area contributed by atoms with Crippen LogP contribution in [0, 0.1) is 15.4 Å². The van der Waals surface area contributed by atoms with Crippen molar-refractivity contribution in [3.8, 4) is 0 Å². The molecule has 5 heteroatoms. The summed E-state index contributed by atoms with van der Waals surface area (Å²) in [7, 11) is 0. The summed E-state index contributed by atoms with van der Waals surface area (Å²) in [4.78, 5) is 23.7. The Hall–Kier alpha value is -1.37. The summed E-state index contributed by atoms with van der Waals surface area (Å²) in [6.07, 6.45) is 0.861. The predicted molar refractivity (Wildman–Crippen MR) is 87.4 cm³/mol. The first-order chi connectivity index (χ1) is 9.88. The molecule has 0 heterocycles. The van der Waals surface area contributed by atoms with Crippen molar-refractivity contribution in [2.75, 3.05) is 5.32 Å². The average Bonchev–Trinajstić information content (AvgIpc) is 2.43. The normalized spacial score (nSPS) is 22.0. The van der Waals surface area contributed by atoms with Crippen LogP contribution in [-0.2, 0) is 9.59 Å². The Morgan fingerprint density at radius 2 is 1.62 bits per heavy atom. The molecule has 1 aromatic carbocycles. The number of amides is 1. The number of carbonyl (C=O) groups is 2. The molecule has 0 saturated heterocycles. The van der Waals surface area contributed by atoms with Gasteiger partial charge in [-0.15, -0.1) is 0 Å². The van der Waals surface area contributed by atoms with Gasteiger partial charge in [0.2, 0.25) is 5.91 Å². The fourth-order valence-corrected chi connectivity index (χ4v) is 2.94. The molecule has 21 heavy (non-hydrogen) atoms. The van der Waals surface area contributed by atoms with E-state index >= 15 is 0 Å². The van der Waals surface area contributed by atoms with Crippen LogP contribution in [0.2, 0.25) is 0 Å². The van der Waals surface area contributed by atoms with E-state index in [0.717, 1.165) is 14.7 Å². The van der Waals surface area contributed by atoms with E-state index in [1.807, 2.05) is 38.1 Å². The number of anilines is 1. The first-order valence-corrected chi connectivity index (χ1v) is 7.89. The highest BCUT2D eigenvalue weighted by Crippen LogP contribution is 2.34. The molecule has 2 rings (SSSR count). The van der Waals surface area contributed by atoms with Gasteiger partial charge >= 0.3 is 0 Å². The summed E-state index contributed by atoms with van der Waals surface area (Å²) >= 11 is 2.19. The van der Waals surface area contributed by atoms with E-state index in [9.17, 15) is 14.7 Å². The first-order valence-electron chi connectivity index (χ1n) is 6.81. The minimum Gasteiger partial charge on any atom is -0.550 e. The fraction of sp³-hybridized carbons (Fsp3) is 0.375. The van der Waals surface area contributed by atoms with Crippen molar-refractivity contribution in [3.63, 3.8) is 0 Å². The Morgan fingerprint density at radius 1 is 1.10 bits per heavy atom. The Balaban J connectivity index is 2.16. The number of rotatable bonds is 3. The summed E-state index contributed by atoms with van der Waals surface area (Å²) in [5, 5.41) is 14.1. The minimum absolute atomic E-state index is 0.253. The third-order valence-electron chi connectivity index (χ3n) is 4.02. The molecule has 4 nitrogen and oxygen atoms in total. The van der Waals surface area contributed by atoms with Crippen molar-refractivity contribution in [2.45, 2.75) is 26.7 Å². The van der Waals surface area contributed by atoms with Crippen molar-refractivity contribution in [3.05, 3.63) is 39.0 Å².